The molecule has 2 aromatic rings. The molecule has 1 aromatic carbocycles. The summed E-state index contributed by atoms with van der Waals surface area (Å²) in [5.41, 5.74) is 6.92. The summed E-state index contributed by atoms with van der Waals surface area (Å²) in [6, 6.07) is 10.8. The van der Waals surface area contributed by atoms with Crippen molar-refractivity contribution in [1.82, 2.24) is 5.43 Å². The van der Waals surface area contributed by atoms with Gasteiger partial charge in [0.05, 0.1) is 13.6 Å². The molecule has 0 radical (unpaired) electrons. The van der Waals surface area contributed by atoms with Crippen molar-refractivity contribution in [2.75, 3.05) is 0 Å². The summed E-state index contributed by atoms with van der Waals surface area (Å²) in [5, 5.41) is 0. The Labute approximate surface area is 140 Å². The average Bonchev–Trinajstić information content (AvgIpc) is 2.70. The minimum absolute atomic E-state index is 0.0312. The third-order valence-electron chi connectivity index (χ3n) is 4.01. The Bertz CT molecular complexity index is 608. The van der Waals surface area contributed by atoms with Gasteiger partial charge in [0.1, 0.15) is 0 Å². The van der Waals surface area contributed by atoms with Crippen molar-refractivity contribution in [3.05, 3.63) is 54.6 Å². The SMILES string of the molecule is NNC(c1ccccc1C1CCC1)c1cc(Br)sc1Br. The molecule has 3 N–H and O–H groups in total. The summed E-state index contributed by atoms with van der Waals surface area (Å²) in [6.45, 7) is 0. The molecule has 0 spiro atoms. The van der Waals surface area contributed by atoms with Crippen LogP contribution in [0.15, 0.2) is 37.9 Å². The number of rotatable bonds is 4. The Balaban J connectivity index is 2.03. The van der Waals surface area contributed by atoms with E-state index in [0.29, 0.717) is 5.92 Å². The molecule has 0 aliphatic heterocycles. The molecule has 106 valence electrons. The maximum atomic E-state index is 5.86. The summed E-state index contributed by atoms with van der Waals surface area (Å²) in [6.07, 6.45) is 3.93. The van der Waals surface area contributed by atoms with E-state index in [0.717, 1.165) is 7.57 Å². The first-order chi connectivity index (χ1) is 9.70. The molecule has 1 heterocycles. The summed E-state index contributed by atoms with van der Waals surface area (Å²) in [5.74, 6) is 6.56. The number of halogens is 2. The number of nitrogens with two attached hydrogens (primary N) is 1. The third-order valence-corrected chi connectivity index (χ3v) is 6.40. The molecule has 1 saturated carbocycles. The molecule has 5 heteroatoms. The fraction of sp³-hybridized carbons (Fsp3) is 0.333. The predicted octanol–water partition coefficient (Wildman–Crippen LogP) is 5.09. The molecule has 0 amide bonds. The number of nitrogens with one attached hydrogen (secondary N) is 1. The van der Waals surface area contributed by atoms with E-state index in [1.54, 1.807) is 11.3 Å². The number of hydrazine groups is 1. The Morgan fingerprint density at radius 3 is 2.50 bits per heavy atom. The average molecular weight is 416 g/mol. The molecule has 1 fully saturated rings. The van der Waals surface area contributed by atoms with Crippen LogP contribution in [-0.2, 0) is 0 Å². The van der Waals surface area contributed by atoms with Gasteiger partial charge in [-0.25, -0.2) is 5.43 Å². The molecule has 1 aliphatic rings. The summed E-state index contributed by atoms with van der Waals surface area (Å²) >= 11 is 8.87. The monoisotopic (exact) mass is 414 g/mol. The molecule has 1 aromatic heterocycles. The van der Waals surface area contributed by atoms with Gasteiger partial charge in [0, 0.05) is 5.56 Å². The molecule has 0 saturated heterocycles. The van der Waals surface area contributed by atoms with Crippen molar-refractivity contribution >= 4 is 43.2 Å². The second-order valence-electron chi connectivity index (χ2n) is 5.14. The van der Waals surface area contributed by atoms with Gasteiger partial charge in [0.2, 0.25) is 0 Å². The van der Waals surface area contributed by atoms with Gasteiger partial charge in [-0.2, -0.15) is 0 Å². The zero-order valence-corrected chi connectivity index (χ0v) is 14.9. The first-order valence-corrected chi connectivity index (χ1v) is 9.10. The summed E-state index contributed by atoms with van der Waals surface area (Å²) < 4.78 is 2.23. The second kappa shape index (κ2) is 6.28. The molecule has 2 nitrogen and oxygen atoms in total. The minimum atomic E-state index is 0.0312. The van der Waals surface area contributed by atoms with Crippen LogP contribution in [0.3, 0.4) is 0 Å². The molecule has 1 atom stereocenters. The lowest BCUT2D eigenvalue weighted by atomic mass is 9.77. The van der Waals surface area contributed by atoms with Crippen LogP contribution in [-0.4, -0.2) is 0 Å². The van der Waals surface area contributed by atoms with E-state index in [9.17, 15) is 0 Å². The van der Waals surface area contributed by atoms with E-state index in [1.807, 2.05) is 0 Å². The van der Waals surface area contributed by atoms with Crippen molar-refractivity contribution < 1.29 is 0 Å². The van der Waals surface area contributed by atoms with Gasteiger partial charge < -0.3 is 0 Å². The van der Waals surface area contributed by atoms with Gasteiger partial charge in [-0.15, -0.1) is 11.3 Å². The second-order valence-corrected chi connectivity index (χ2v) is 8.89. The largest absolute Gasteiger partial charge is 0.271 e. The quantitative estimate of drug-likeness (QED) is 0.538. The van der Waals surface area contributed by atoms with Crippen LogP contribution in [0.1, 0.15) is 47.9 Å². The number of benzene rings is 1. The van der Waals surface area contributed by atoms with Crippen molar-refractivity contribution in [3.63, 3.8) is 0 Å². The number of hydrogen-bond acceptors (Lipinski definition) is 3. The first kappa shape index (κ1) is 14.7. The minimum Gasteiger partial charge on any atom is -0.271 e. The molecule has 3 rings (SSSR count). The third kappa shape index (κ3) is 2.74. The van der Waals surface area contributed by atoms with Gasteiger partial charge in [0.25, 0.3) is 0 Å². The lowest BCUT2D eigenvalue weighted by Crippen LogP contribution is -2.30. The van der Waals surface area contributed by atoms with Crippen molar-refractivity contribution in [3.8, 4) is 0 Å². The van der Waals surface area contributed by atoms with Gasteiger partial charge in [-0.1, -0.05) is 30.7 Å². The van der Waals surface area contributed by atoms with Crippen molar-refractivity contribution in [1.29, 1.82) is 0 Å². The molecular weight excluding hydrogens is 400 g/mol. The van der Waals surface area contributed by atoms with Crippen molar-refractivity contribution in [2.24, 2.45) is 5.84 Å². The van der Waals surface area contributed by atoms with Crippen LogP contribution in [0.4, 0.5) is 0 Å². The summed E-state index contributed by atoms with van der Waals surface area (Å²) in [7, 11) is 0. The van der Waals surface area contributed by atoms with Gasteiger partial charge in [0.15, 0.2) is 0 Å². The highest BCUT2D eigenvalue weighted by molar-refractivity contribution is 9.12. The van der Waals surface area contributed by atoms with Crippen LogP contribution in [0.5, 0.6) is 0 Å². The summed E-state index contributed by atoms with van der Waals surface area (Å²) in [4.78, 5) is 0. The normalized spacial score (nSPS) is 16.9. The lowest BCUT2D eigenvalue weighted by molar-refractivity contribution is 0.414. The zero-order chi connectivity index (χ0) is 14.1. The standard InChI is InChI=1S/C15H16Br2N2S/c16-13-8-12(15(17)20-13)14(19-18)11-7-2-1-6-10(11)9-4-3-5-9/h1-2,6-9,14,19H,3-5,18H2. The fourth-order valence-electron chi connectivity index (χ4n) is 2.76. The van der Waals surface area contributed by atoms with Crippen molar-refractivity contribution in [2.45, 2.75) is 31.2 Å². The molecule has 20 heavy (non-hydrogen) atoms. The van der Waals surface area contributed by atoms with Gasteiger partial charge in [-0.05, 0) is 67.8 Å². The van der Waals surface area contributed by atoms with Crippen LogP contribution < -0.4 is 11.3 Å². The number of thiophene rings is 1. The van der Waals surface area contributed by atoms with Gasteiger partial charge >= 0.3 is 0 Å². The van der Waals surface area contributed by atoms with Gasteiger partial charge in [-0.3, -0.25) is 5.84 Å². The highest BCUT2D eigenvalue weighted by Crippen LogP contribution is 2.43. The maximum absolute atomic E-state index is 5.86. The Morgan fingerprint density at radius 1 is 1.20 bits per heavy atom. The van der Waals surface area contributed by atoms with Crippen LogP contribution >= 0.6 is 43.2 Å². The highest BCUT2D eigenvalue weighted by Gasteiger charge is 2.26. The first-order valence-electron chi connectivity index (χ1n) is 6.70. The predicted molar refractivity (Wildman–Crippen MR) is 91.9 cm³/mol. The van der Waals surface area contributed by atoms with Crippen LogP contribution in [0.25, 0.3) is 0 Å². The van der Waals surface area contributed by atoms with E-state index in [4.69, 9.17) is 5.84 Å². The fourth-order valence-corrected chi connectivity index (χ4v) is 5.66. The highest BCUT2D eigenvalue weighted by atomic mass is 79.9. The lowest BCUT2D eigenvalue weighted by Gasteiger charge is -2.30. The Kier molecular flexibility index (Phi) is 4.62. The van der Waals surface area contributed by atoms with E-state index in [1.165, 1.54) is 36.0 Å². The molecule has 1 aliphatic carbocycles. The molecule has 0 bridgehead atoms. The van der Waals surface area contributed by atoms with Crippen LogP contribution in [0.2, 0.25) is 0 Å². The smallest absolute Gasteiger partial charge is 0.0762 e. The Hall–Kier alpha value is -0.200. The van der Waals surface area contributed by atoms with E-state index in [-0.39, 0.29) is 6.04 Å². The van der Waals surface area contributed by atoms with E-state index < -0.39 is 0 Å². The number of hydrogen-bond donors (Lipinski definition) is 2. The van der Waals surface area contributed by atoms with Crippen LogP contribution in [0, 0.1) is 0 Å². The zero-order valence-electron chi connectivity index (χ0n) is 10.9. The maximum Gasteiger partial charge on any atom is 0.0762 e. The van der Waals surface area contributed by atoms with E-state index >= 15 is 0 Å². The topological polar surface area (TPSA) is 38.0 Å². The van der Waals surface area contributed by atoms with E-state index in [2.05, 4.69) is 67.6 Å². The molecular formula is C15H16Br2N2S. The molecule has 1 unspecified atom stereocenters. The Morgan fingerprint density at radius 2 is 1.95 bits per heavy atom.